The highest BCUT2D eigenvalue weighted by atomic mass is 19.1. The summed E-state index contributed by atoms with van der Waals surface area (Å²) in [5.41, 5.74) is 2.97. The molecule has 98 valence electrons. The molecule has 1 aromatic carbocycles. The molecular formula is C15H15FN2O. The van der Waals surface area contributed by atoms with Crippen molar-refractivity contribution in [2.24, 2.45) is 0 Å². The highest BCUT2D eigenvalue weighted by molar-refractivity contribution is 5.90. The lowest BCUT2D eigenvalue weighted by molar-refractivity contribution is 0.0339. The first-order chi connectivity index (χ1) is 9.26. The van der Waals surface area contributed by atoms with Gasteiger partial charge in [0.05, 0.1) is 29.9 Å². The number of nitrogens with one attached hydrogen (secondary N) is 1. The van der Waals surface area contributed by atoms with E-state index in [0.717, 1.165) is 35.9 Å². The summed E-state index contributed by atoms with van der Waals surface area (Å²) in [5, 5.41) is 9.94. The van der Waals surface area contributed by atoms with Crippen molar-refractivity contribution in [1.82, 2.24) is 4.98 Å². The quantitative estimate of drug-likeness (QED) is 0.894. The lowest BCUT2D eigenvalue weighted by Gasteiger charge is -2.23. The maximum Gasteiger partial charge on any atom is 0.147 e. The van der Waals surface area contributed by atoms with Crippen molar-refractivity contribution in [3.63, 3.8) is 0 Å². The number of benzene rings is 1. The summed E-state index contributed by atoms with van der Waals surface area (Å²) in [5.74, 6) is -0.307. The van der Waals surface area contributed by atoms with Gasteiger partial charge in [-0.2, -0.15) is 5.26 Å². The van der Waals surface area contributed by atoms with Gasteiger partial charge in [-0.05, 0) is 30.5 Å². The van der Waals surface area contributed by atoms with Crippen LogP contribution in [0.25, 0.3) is 10.9 Å². The van der Waals surface area contributed by atoms with Gasteiger partial charge in [-0.1, -0.05) is 13.3 Å². The van der Waals surface area contributed by atoms with E-state index in [9.17, 15) is 9.65 Å². The third-order valence-corrected chi connectivity index (χ3v) is 3.71. The van der Waals surface area contributed by atoms with E-state index in [1.165, 1.54) is 6.07 Å². The number of ether oxygens (including phenoxy) is 1. The molecule has 1 aromatic heterocycles. The number of aromatic nitrogens is 1. The monoisotopic (exact) mass is 258 g/mol. The summed E-state index contributed by atoms with van der Waals surface area (Å²) >= 11 is 0. The SMILES string of the molecule is CCC[C@@H]1OCCc2c1[nH]c1c(F)ccc(C#N)c21. The van der Waals surface area contributed by atoms with Crippen LogP contribution in [0.5, 0.6) is 0 Å². The van der Waals surface area contributed by atoms with Gasteiger partial charge in [0, 0.05) is 11.1 Å². The Morgan fingerprint density at radius 2 is 2.37 bits per heavy atom. The number of nitrogens with zero attached hydrogens (tertiary/aromatic N) is 1. The first-order valence-electron chi connectivity index (χ1n) is 6.61. The van der Waals surface area contributed by atoms with Crippen LogP contribution in [0.4, 0.5) is 4.39 Å². The standard InChI is InChI=1S/C15H15FN2O/c1-2-3-12-14-10(6-7-19-12)13-9(8-17)4-5-11(16)15(13)18-14/h4-5,12,18H,2-3,6-7H2,1H3/t12-/m0/s1. The van der Waals surface area contributed by atoms with Crippen molar-refractivity contribution in [3.05, 3.63) is 34.8 Å². The zero-order chi connectivity index (χ0) is 13.4. The van der Waals surface area contributed by atoms with Crippen LogP contribution in [0.3, 0.4) is 0 Å². The van der Waals surface area contributed by atoms with E-state index in [4.69, 9.17) is 4.74 Å². The van der Waals surface area contributed by atoms with Gasteiger partial charge in [0.15, 0.2) is 0 Å². The highest BCUT2D eigenvalue weighted by Crippen LogP contribution is 2.37. The second-order valence-corrected chi connectivity index (χ2v) is 4.87. The molecule has 19 heavy (non-hydrogen) atoms. The first-order valence-corrected chi connectivity index (χ1v) is 6.61. The van der Waals surface area contributed by atoms with Crippen LogP contribution < -0.4 is 0 Å². The largest absolute Gasteiger partial charge is 0.372 e. The molecule has 0 radical (unpaired) electrons. The van der Waals surface area contributed by atoms with E-state index in [1.54, 1.807) is 6.07 Å². The topological polar surface area (TPSA) is 48.8 Å². The number of H-pyrrole nitrogens is 1. The molecule has 1 N–H and O–H groups in total. The summed E-state index contributed by atoms with van der Waals surface area (Å²) in [6.45, 7) is 2.73. The van der Waals surface area contributed by atoms with E-state index in [1.807, 2.05) is 0 Å². The van der Waals surface area contributed by atoms with Crippen LogP contribution in [0, 0.1) is 17.1 Å². The third-order valence-electron chi connectivity index (χ3n) is 3.71. The van der Waals surface area contributed by atoms with Gasteiger partial charge in [0.2, 0.25) is 0 Å². The van der Waals surface area contributed by atoms with Crippen molar-refractivity contribution < 1.29 is 9.13 Å². The highest BCUT2D eigenvalue weighted by Gasteiger charge is 2.26. The van der Waals surface area contributed by atoms with Crippen molar-refractivity contribution in [2.45, 2.75) is 32.3 Å². The molecule has 1 aliphatic rings. The summed E-state index contributed by atoms with van der Waals surface area (Å²) in [6.07, 6.45) is 2.64. The fourth-order valence-corrected chi connectivity index (χ4v) is 2.86. The van der Waals surface area contributed by atoms with Crippen LogP contribution in [0.1, 0.15) is 42.7 Å². The Labute approximate surface area is 111 Å². The van der Waals surface area contributed by atoms with E-state index < -0.39 is 0 Å². The second-order valence-electron chi connectivity index (χ2n) is 4.87. The van der Waals surface area contributed by atoms with Crippen molar-refractivity contribution in [1.29, 1.82) is 5.26 Å². The number of nitriles is 1. The molecule has 0 aliphatic carbocycles. The van der Waals surface area contributed by atoms with Gasteiger partial charge in [-0.3, -0.25) is 0 Å². The minimum Gasteiger partial charge on any atom is -0.372 e. The predicted molar refractivity (Wildman–Crippen MR) is 70.3 cm³/mol. The lowest BCUT2D eigenvalue weighted by Crippen LogP contribution is -2.15. The van der Waals surface area contributed by atoms with Gasteiger partial charge in [0.25, 0.3) is 0 Å². The summed E-state index contributed by atoms with van der Waals surface area (Å²) < 4.78 is 19.7. The number of hydrogen-bond acceptors (Lipinski definition) is 2. The molecule has 3 rings (SSSR count). The Morgan fingerprint density at radius 1 is 1.53 bits per heavy atom. The number of aromatic amines is 1. The van der Waals surface area contributed by atoms with Crippen LogP contribution in [-0.4, -0.2) is 11.6 Å². The van der Waals surface area contributed by atoms with Crippen LogP contribution in [-0.2, 0) is 11.2 Å². The number of rotatable bonds is 2. The van der Waals surface area contributed by atoms with Gasteiger partial charge in [-0.15, -0.1) is 0 Å². The molecule has 0 spiro atoms. The van der Waals surface area contributed by atoms with Crippen molar-refractivity contribution in [2.75, 3.05) is 6.61 Å². The van der Waals surface area contributed by atoms with Gasteiger partial charge < -0.3 is 9.72 Å². The lowest BCUT2D eigenvalue weighted by atomic mass is 9.98. The average molecular weight is 258 g/mol. The molecule has 0 fully saturated rings. The van der Waals surface area contributed by atoms with Gasteiger partial charge in [0.1, 0.15) is 5.82 Å². The fourth-order valence-electron chi connectivity index (χ4n) is 2.86. The Balaban J connectivity index is 2.27. The van der Waals surface area contributed by atoms with Crippen molar-refractivity contribution in [3.8, 4) is 6.07 Å². The Morgan fingerprint density at radius 3 is 3.11 bits per heavy atom. The zero-order valence-corrected chi connectivity index (χ0v) is 10.8. The smallest absolute Gasteiger partial charge is 0.147 e. The average Bonchev–Trinajstić information content (AvgIpc) is 2.82. The molecule has 4 heteroatoms. The van der Waals surface area contributed by atoms with E-state index in [-0.39, 0.29) is 11.9 Å². The summed E-state index contributed by atoms with van der Waals surface area (Å²) in [6, 6.07) is 5.05. The Hall–Kier alpha value is -1.86. The minimum atomic E-state index is -0.307. The predicted octanol–water partition coefficient (Wildman–Crippen LogP) is 3.59. The molecule has 2 heterocycles. The van der Waals surface area contributed by atoms with Gasteiger partial charge in [-0.25, -0.2) is 4.39 Å². The molecule has 2 aromatic rings. The molecule has 3 nitrogen and oxygen atoms in total. The fraction of sp³-hybridized carbons (Fsp3) is 0.400. The van der Waals surface area contributed by atoms with Crippen molar-refractivity contribution >= 4 is 10.9 Å². The van der Waals surface area contributed by atoms with Crippen LogP contribution in [0.15, 0.2) is 12.1 Å². The third kappa shape index (κ3) is 1.82. The maximum atomic E-state index is 13.9. The summed E-state index contributed by atoms with van der Waals surface area (Å²) in [4.78, 5) is 3.14. The molecular weight excluding hydrogens is 243 g/mol. The Bertz CT molecular complexity index is 669. The number of halogens is 1. The Kier molecular flexibility index (Phi) is 3.00. The van der Waals surface area contributed by atoms with E-state index >= 15 is 0 Å². The van der Waals surface area contributed by atoms with Crippen LogP contribution in [0.2, 0.25) is 0 Å². The zero-order valence-electron chi connectivity index (χ0n) is 10.8. The van der Waals surface area contributed by atoms with E-state index in [0.29, 0.717) is 17.7 Å². The van der Waals surface area contributed by atoms with Gasteiger partial charge >= 0.3 is 0 Å². The molecule has 1 aliphatic heterocycles. The number of fused-ring (bicyclic) bond motifs is 3. The number of hydrogen-bond donors (Lipinski definition) is 1. The second kappa shape index (κ2) is 4.67. The normalized spacial score (nSPS) is 18.3. The molecule has 1 atom stereocenters. The van der Waals surface area contributed by atoms with Crippen LogP contribution >= 0.6 is 0 Å². The molecule has 0 saturated heterocycles. The summed E-state index contributed by atoms with van der Waals surface area (Å²) in [7, 11) is 0. The molecule has 0 bridgehead atoms. The molecule has 0 saturated carbocycles. The first kappa shape index (κ1) is 12.2. The maximum absolute atomic E-state index is 13.9. The molecule has 0 unspecified atom stereocenters. The van der Waals surface area contributed by atoms with E-state index in [2.05, 4.69) is 18.0 Å². The molecule has 0 amide bonds. The minimum absolute atomic E-state index is 0.00732.